The zero-order valence-corrected chi connectivity index (χ0v) is 14.5. The molecule has 0 saturated heterocycles. The van der Waals surface area contributed by atoms with Crippen LogP contribution in [0.3, 0.4) is 0 Å². The van der Waals surface area contributed by atoms with E-state index in [-0.39, 0.29) is 6.04 Å². The Bertz CT molecular complexity index is 459. The fraction of sp³-hybridized carbons (Fsp3) is 0.778. The van der Waals surface area contributed by atoms with Gasteiger partial charge in [-0.2, -0.15) is 0 Å². The van der Waals surface area contributed by atoms with Crippen molar-refractivity contribution in [2.45, 2.75) is 72.0 Å². The molecule has 0 aliphatic heterocycles. The van der Waals surface area contributed by atoms with Crippen LogP contribution in [0.4, 0.5) is 0 Å². The molecule has 1 aromatic heterocycles. The van der Waals surface area contributed by atoms with E-state index in [1.807, 2.05) is 0 Å². The Morgan fingerprint density at radius 2 is 2.10 bits per heavy atom. The molecule has 0 bridgehead atoms. The van der Waals surface area contributed by atoms with Gasteiger partial charge in [0.05, 0.1) is 0 Å². The quantitative estimate of drug-likeness (QED) is 0.813. The van der Waals surface area contributed by atoms with E-state index >= 15 is 0 Å². The van der Waals surface area contributed by atoms with Crippen molar-refractivity contribution in [3.05, 3.63) is 23.5 Å². The molecule has 0 spiro atoms. The van der Waals surface area contributed by atoms with Gasteiger partial charge in [0, 0.05) is 30.5 Å². The van der Waals surface area contributed by atoms with Crippen LogP contribution in [0.25, 0.3) is 0 Å². The first-order valence-corrected chi connectivity index (χ1v) is 8.44. The monoisotopic (exact) mass is 291 g/mol. The van der Waals surface area contributed by atoms with E-state index in [2.05, 4.69) is 56.5 Å². The van der Waals surface area contributed by atoms with Crippen LogP contribution in [0.5, 0.6) is 0 Å². The Labute approximate surface area is 130 Å². The predicted octanol–water partition coefficient (Wildman–Crippen LogP) is 3.58. The third-order valence-corrected chi connectivity index (χ3v) is 4.97. The van der Waals surface area contributed by atoms with E-state index in [0.717, 1.165) is 19.4 Å². The minimum absolute atomic E-state index is 0.220. The fourth-order valence-corrected chi connectivity index (χ4v) is 3.41. The zero-order chi connectivity index (χ0) is 15.6. The summed E-state index contributed by atoms with van der Waals surface area (Å²) in [6.07, 6.45) is 7.02. The number of hydrogen-bond donors (Lipinski definition) is 1. The van der Waals surface area contributed by atoms with Crippen molar-refractivity contribution in [2.75, 3.05) is 13.6 Å². The Balaban J connectivity index is 1.91. The lowest BCUT2D eigenvalue weighted by Gasteiger charge is -2.34. The van der Waals surface area contributed by atoms with Gasteiger partial charge in [-0.1, -0.05) is 13.8 Å². The predicted molar refractivity (Wildman–Crippen MR) is 90.5 cm³/mol. The van der Waals surface area contributed by atoms with E-state index in [0.29, 0.717) is 11.5 Å². The summed E-state index contributed by atoms with van der Waals surface area (Å²) in [5.41, 5.74) is 9.54. The van der Waals surface area contributed by atoms with Crippen molar-refractivity contribution in [2.24, 2.45) is 11.1 Å². The van der Waals surface area contributed by atoms with E-state index in [4.69, 9.17) is 5.73 Å². The smallest absolute Gasteiger partial charge is 0.0318 e. The normalized spacial score (nSPS) is 21.0. The first-order valence-electron chi connectivity index (χ1n) is 8.44. The molecule has 2 N–H and O–H groups in total. The Morgan fingerprint density at radius 3 is 2.76 bits per heavy atom. The topological polar surface area (TPSA) is 34.2 Å². The molecule has 3 nitrogen and oxygen atoms in total. The van der Waals surface area contributed by atoms with Crippen LogP contribution in [0.15, 0.2) is 12.3 Å². The minimum Gasteiger partial charge on any atom is -0.351 e. The summed E-state index contributed by atoms with van der Waals surface area (Å²) in [5.74, 6) is 0. The number of rotatable bonds is 6. The van der Waals surface area contributed by atoms with Crippen molar-refractivity contribution in [1.29, 1.82) is 0 Å². The SMILES string of the molecule is CC(C)N(C)CCCCn1ccc2c1CC(C)(C)CC2N. The van der Waals surface area contributed by atoms with E-state index in [1.54, 1.807) is 0 Å². The average molecular weight is 291 g/mol. The number of nitrogens with zero attached hydrogens (tertiary/aromatic N) is 2. The number of hydrogen-bond acceptors (Lipinski definition) is 2. The van der Waals surface area contributed by atoms with Crippen LogP contribution in [-0.2, 0) is 13.0 Å². The molecular formula is C18H33N3. The van der Waals surface area contributed by atoms with Gasteiger partial charge in [-0.3, -0.25) is 0 Å². The summed E-state index contributed by atoms with van der Waals surface area (Å²) in [5, 5.41) is 0. The maximum Gasteiger partial charge on any atom is 0.0318 e. The van der Waals surface area contributed by atoms with Crippen molar-refractivity contribution in [3.8, 4) is 0 Å². The Morgan fingerprint density at radius 1 is 1.38 bits per heavy atom. The maximum atomic E-state index is 6.34. The molecule has 21 heavy (non-hydrogen) atoms. The molecule has 3 heteroatoms. The van der Waals surface area contributed by atoms with Gasteiger partial charge in [-0.15, -0.1) is 0 Å². The van der Waals surface area contributed by atoms with Crippen LogP contribution in [0, 0.1) is 5.41 Å². The van der Waals surface area contributed by atoms with Gasteiger partial charge in [0.25, 0.3) is 0 Å². The number of nitrogens with two attached hydrogens (primary N) is 1. The summed E-state index contributed by atoms with van der Waals surface area (Å²) in [6.45, 7) is 11.5. The first-order chi connectivity index (χ1) is 9.80. The highest BCUT2D eigenvalue weighted by Crippen LogP contribution is 2.40. The molecule has 0 radical (unpaired) electrons. The van der Waals surface area contributed by atoms with Crippen LogP contribution in [0.1, 0.15) is 64.3 Å². The molecule has 0 fully saturated rings. The van der Waals surface area contributed by atoms with Gasteiger partial charge in [0.15, 0.2) is 0 Å². The number of unbranched alkanes of at least 4 members (excludes halogenated alkanes) is 1. The number of aromatic nitrogens is 1. The fourth-order valence-electron chi connectivity index (χ4n) is 3.41. The highest BCUT2D eigenvalue weighted by atomic mass is 15.1. The molecule has 0 amide bonds. The van der Waals surface area contributed by atoms with Crippen molar-refractivity contribution >= 4 is 0 Å². The highest BCUT2D eigenvalue weighted by molar-refractivity contribution is 5.30. The summed E-state index contributed by atoms with van der Waals surface area (Å²) in [4.78, 5) is 2.42. The van der Waals surface area contributed by atoms with Gasteiger partial charge in [0.2, 0.25) is 0 Å². The molecule has 0 saturated carbocycles. The third kappa shape index (κ3) is 4.10. The van der Waals surface area contributed by atoms with Gasteiger partial charge in [-0.25, -0.2) is 0 Å². The van der Waals surface area contributed by atoms with E-state index in [1.165, 1.54) is 30.6 Å². The molecule has 0 aromatic carbocycles. The second-order valence-electron chi connectivity index (χ2n) is 7.84. The van der Waals surface area contributed by atoms with Gasteiger partial charge < -0.3 is 15.2 Å². The Hall–Kier alpha value is -0.800. The lowest BCUT2D eigenvalue weighted by molar-refractivity contribution is 0.263. The Kier molecular flexibility index (Phi) is 5.15. The molecule has 2 rings (SSSR count). The maximum absolute atomic E-state index is 6.34. The van der Waals surface area contributed by atoms with E-state index < -0.39 is 0 Å². The zero-order valence-electron chi connectivity index (χ0n) is 14.5. The molecule has 120 valence electrons. The summed E-state index contributed by atoms with van der Waals surface area (Å²) >= 11 is 0. The molecule has 1 unspecified atom stereocenters. The van der Waals surface area contributed by atoms with Crippen LogP contribution >= 0.6 is 0 Å². The van der Waals surface area contributed by atoms with Crippen molar-refractivity contribution in [3.63, 3.8) is 0 Å². The minimum atomic E-state index is 0.220. The first kappa shape index (κ1) is 16.6. The molecule has 1 aromatic rings. The largest absolute Gasteiger partial charge is 0.351 e. The van der Waals surface area contributed by atoms with Crippen LogP contribution < -0.4 is 5.73 Å². The van der Waals surface area contributed by atoms with Crippen LogP contribution in [0.2, 0.25) is 0 Å². The second-order valence-corrected chi connectivity index (χ2v) is 7.84. The molecule has 1 aliphatic carbocycles. The molecule has 1 atom stereocenters. The molecule has 1 aliphatic rings. The number of fused-ring (bicyclic) bond motifs is 1. The van der Waals surface area contributed by atoms with Crippen LogP contribution in [-0.4, -0.2) is 29.1 Å². The van der Waals surface area contributed by atoms with Crippen molar-refractivity contribution < 1.29 is 0 Å². The molecular weight excluding hydrogens is 258 g/mol. The lowest BCUT2D eigenvalue weighted by atomic mass is 9.74. The van der Waals surface area contributed by atoms with Gasteiger partial charge in [-0.05, 0) is 70.2 Å². The summed E-state index contributed by atoms with van der Waals surface area (Å²) in [7, 11) is 2.21. The lowest BCUT2D eigenvalue weighted by Crippen LogP contribution is -2.30. The third-order valence-electron chi connectivity index (χ3n) is 4.97. The summed E-state index contributed by atoms with van der Waals surface area (Å²) < 4.78 is 2.45. The average Bonchev–Trinajstić information content (AvgIpc) is 2.76. The van der Waals surface area contributed by atoms with Gasteiger partial charge >= 0.3 is 0 Å². The second kappa shape index (κ2) is 6.53. The number of aryl methyl sites for hydroxylation is 1. The molecule has 1 heterocycles. The van der Waals surface area contributed by atoms with Crippen molar-refractivity contribution in [1.82, 2.24) is 9.47 Å². The standard InChI is InChI=1S/C18H33N3/c1-14(2)20(5)9-6-7-10-21-11-8-15-16(19)12-18(3,4)13-17(15)21/h8,11,14,16H,6-7,9-10,12-13,19H2,1-5H3. The highest BCUT2D eigenvalue weighted by Gasteiger charge is 2.32. The van der Waals surface area contributed by atoms with E-state index in [9.17, 15) is 0 Å². The summed E-state index contributed by atoms with van der Waals surface area (Å²) in [6, 6.07) is 3.11. The van der Waals surface area contributed by atoms with Gasteiger partial charge in [0.1, 0.15) is 0 Å².